The average molecular weight is 314 g/mol. The van der Waals surface area contributed by atoms with Crippen LogP contribution in [0.2, 0.25) is 5.02 Å². The molecule has 6 heteroatoms. The molecule has 3 nitrogen and oxygen atoms in total. The van der Waals surface area contributed by atoms with Gasteiger partial charge < -0.3 is 14.8 Å². The third kappa shape index (κ3) is 4.23. The van der Waals surface area contributed by atoms with Crippen LogP contribution in [0.3, 0.4) is 0 Å². The maximum absolute atomic E-state index is 12.1. The van der Waals surface area contributed by atoms with Crippen LogP contribution in [-0.4, -0.2) is 13.7 Å². The third-order valence-corrected chi connectivity index (χ3v) is 3.20. The van der Waals surface area contributed by atoms with Crippen molar-refractivity contribution in [3.63, 3.8) is 0 Å². The van der Waals surface area contributed by atoms with Crippen LogP contribution in [0.1, 0.15) is 5.56 Å². The second-order valence-corrected chi connectivity index (χ2v) is 4.58. The summed E-state index contributed by atoms with van der Waals surface area (Å²) in [5.74, 6) is 0.804. The van der Waals surface area contributed by atoms with Gasteiger partial charge in [-0.25, -0.2) is 0 Å². The Kier molecular flexibility index (Phi) is 5.22. The van der Waals surface area contributed by atoms with E-state index >= 15 is 0 Å². The van der Waals surface area contributed by atoms with Gasteiger partial charge in [0.1, 0.15) is 11.5 Å². The van der Waals surface area contributed by atoms with Crippen LogP contribution >= 0.6 is 11.6 Å². The molecule has 0 spiro atoms. The fraction of sp³-hybridized carbons (Fsp3) is 0.200. The number of hydrogen-bond acceptors (Lipinski definition) is 3. The van der Waals surface area contributed by atoms with E-state index in [9.17, 15) is 8.78 Å². The summed E-state index contributed by atoms with van der Waals surface area (Å²) >= 11 is 6.13. The van der Waals surface area contributed by atoms with E-state index < -0.39 is 6.61 Å². The van der Waals surface area contributed by atoms with Crippen LogP contribution in [0.5, 0.6) is 11.5 Å². The van der Waals surface area contributed by atoms with Crippen LogP contribution < -0.4 is 14.8 Å². The Morgan fingerprint density at radius 1 is 1.14 bits per heavy atom. The summed E-state index contributed by atoms with van der Waals surface area (Å²) in [5, 5.41) is 3.75. The van der Waals surface area contributed by atoms with E-state index in [1.165, 1.54) is 12.1 Å². The lowest BCUT2D eigenvalue weighted by atomic mass is 10.2. The Bertz CT molecular complexity index is 591. The summed E-state index contributed by atoms with van der Waals surface area (Å²) in [6.45, 7) is -2.37. The molecular weight excluding hydrogens is 300 g/mol. The molecule has 0 bridgehead atoms. The SMILES string of the molecule is COc1cccc(Cl)c1CNc1ccc(OC(F)F)cc1. The van der Waals surface area contributed by atoms with Crippen molar-refractivity contribution in [3.05, 3.63) is 53.1 Å². The second-order valence-electron chi connectivity index (χ2n) is 4.18. The normalized spacial score (nSPS) is 10.5. The Hall–Kier alpha value is -2.01. The number of halogens is 3. The van der Waals surface area contributed by atoms with Crippen molar-refractivity contribution in [1.82, 2.24) is 0 Å². The van der Waals surface area contributed by atoms with Crippen molar-refractivity contribution < 1.29 is 18.3 Å². The highest BCUT2D eigenvalue weighted by molar-refractivity contribution is 6.31. The van der Waals surface area contributed by atoms with Gasteiger partial charge in [0.2, 0.25) is 0 Å². The van der Waals surface area contributed by atoms with Crippen LogP contribution in [0, 0.1) is 0 Å². The van der Waals surface area contributed by atoms with E-state index in [1.54, 1.807) is 31.4 Å². The Balaban J connectivity index is 2.03. The van der Waals surface area contributed by atoms with Gasteiger partial charge >= 0.3 is 6.61 Å². The monoisotopic (exact) mass is 313 g/mol. The number of methoxy groups -OCH3 is 1. The molecule has 0 aliphatic heterocycles. The van der Waals surface area contributed by atoms with Gasteiger partial charge in [0.15, 0.2) is 0 Å². The van der Waals surface area contributed by atoms with E-state index in [2.05, 4.69) is 10.1 Å². The summed E-state index contributed by atoms with van der Waals surface area (Å²) in [7, 11) is 1.58. The van der Waals surface area contributed by atoms with Gasteiger partial charge in [-0.15, -0.1) is 0 Å². The minimum atomic E-state index is -2.82. The average Bonchev–Trinajstić information content (AvgIpc) is 2.46. The van der Waals surface area contributed by atoms with Gasteiger partial charge in [-0.05, 0) is 36.4 Å². The number of benzene rings is 2. The predicted octanol–water partition coefficient (Wildman–Crippen LogP) is 4.56. The fourth-order valence-corrected chi connectivity index (χ4v) is 2.08. The number of anilines is 1. The lowest BCUT2D eigenvalue weighted by Crippen LogP contribution is -2.04. The molecular formula is C15H14ClF2NO2. The van der Waals surface area contributed by atoms with Crippen molar-refractivity contribution in [2.24, 2.45) is 0 Å². The van der Waals surface area contributed by atoms with E-state index in [1.807, 2.05) is 6.07 Å². The molecule has 0 aromatic heterocycles. The van der Waals surface area contributed by atoms with E-state index in [-0.39, 0.29) is 5.75 Å². The van der Waals surface area contributed by atoms with Gasteiger partial charge in [-0.2, -0.15) is 8.78 Å². The second kappa shape index (κ2) is 7.13. The smallest absolute Gasteiger partial charge is 0.387 e. The zero-order chi connectivity index (χ0) is 15.2. The quantitative estimate of drug-likeness (QED) is 0.848. The largest absolute Gasteiger partial charge is 0.496 e. The minimum absolute atomic E-state index is 0.117. The predicted molar refractivity (Wildman–Crippen MR) is 78.4 cm³/mol. The first-order valence-corrected chi connectivity index (χ1v) is 6.58. The van der Waals surface area contributed by atoms with Crippen LogP contribution in [0.15, 0.2) is 42.5 Å². The highest BCUT2D eigenvalue weighted by Crippen LogP contribution is 2.27. The van der Waals surface area contributed by atoms with Crippen molar-refractivity contribution in [3.8, 4) is 11.5 Å². The molecule has 0 amide bonds. The summed E-state index contributed by atoms with van der Waals surface area (Å²) < 4.78 is 33.6. The first kappa shape index (κ1) is 15.4. The highest BCUT2D eigenvalue weighted by atomic mass is 35.5. The van der Waals surface area contributed by atoms with E-state index in [4.69, 9.17) is 16.3 Å². The fourth-order valence-electron chi connectivity index (χ4n) is 1.85. The molecule has 0 heterocycles. The van der Waals surface area contributed by atoms with Gasteiger partial charge in [0.05, 0.1) is 7.11 Å². The summed E-state index contributed by atoms with van der Waals surface area (Å²) in [5.41, 5.74) is 1.59. The number of rotatable bonds is 6. The number of nitrogens with one attached hydrogen (secondary N) is 1. The zero-order valence-electron chi connectivity index (χ0n) is 11.3. The van der Waals surface area contributed by atoms with Gasteiger partial charge in [-0.3, -0.25) is 0 Å². The van der Waals surface area contributed by atoms with Gasteiger partial charge in [0.25, 0.3) is 0 Å². The van der Waals surface area contributed by atoms with Gasteiger partial charge in [0, 0.05) is 22.8 Å². The van der Waals surface area contributed by atoms with Crippen molar-refractivity contribution in [1.29, 1.82) is 0 Å². The molecule has 0 atom stereocenters. The summed E-state index contributed by atoms with van der Waals surface area (Å²) in [6.07, 6.45) is 0. The lowest BCUT2D eigenvalue weighted by Gasteiger charge is -2.12. The third-order valence-electron chi connectivity index (χ3n) is 2.84. The van der Waals surface area contributed by atoms with Crippen LogP contribution in [0.4, 0.5) is 14.5 Å². The van der Waals surface area contributed by atoms with Crippen molar-refractivity contribution in [2.75, 3.05) is 12.4 Å². The van der Waals surface area contributed by atoms with Crippen molar-refractivity contribution in [2.45, 2.75) is 13.2 Å². The molecule has 0 fully saturated rings. The molecule has 2 rings (SSSR count). The first-order chi connectivity index (χ1) is 10.1. The zero-order valence-corrected chi connectivity index (χ0v) is 12.0. The molecule has 0 saturated heterocycles. The Morgan fingerprint density at radius 2 is 1.86 bits per heavy atom. The van der Waals surface area contributed by atoms with Gasteiger partial charge in [-0.1, -0.05) is 17.7 Å². The molecule has 2 aromatic rings. The number of ether oxygens (including phenoxy) is 2. The summed E-state index contributed by atoms with van der Waals surface area (Å²) in [4.78, 5) is 0. The molecule has 0 aliphatic rings. The maximum atomic E-state index is 12.1. The number of hydrogen-bond donors (Lipinski definition) is 1. The molecule has 0 radical (unpaired) electrons. The minimum Gasteiger partial charge on any atom is -0.496 e. The van der Waals surface area contributed by atoms with Crippen molar-refractivity contribution >= 4 is 17.3 Å². The Labute approximate surface area is 126 Å². The first-order valence-electron chi connectivity index (χ1n) is 6.20. The standard InChI is InChI=1S/C15H14ClF2NO2/c1-20-14-4-2-3-13(16)12(14)9-19-10-5-7-11(8-6-10)21-15(17)18/h2-8,15,19H,9H2,1H3. The van der Waals surface area contributed by atoms with Crippen LogP contribution in [0.25, 0.3) is 0 Å². The molecule has 0 aliphatic carbocycles. The molecule has 21 heavy (non-hydrogen) atoms. The molecule has 2 aromatic carbocycles. The molecule has 0 unspecified atom stereocenters. The number of alkyl halides is 2. The maximum Gasteiger partial charge on any atom is 0.387 e. The summed E-state index contributed by atoms with van der Waals surface area (Å²) in [6, 6.07) is 11.7. The Morgan fingerprint density at radius 3 is 2.48 bits per heavy atom. The van der Waals surface area contributed by atoms with E-state index in [0.29, 0.717) is 17.3 Å². The highest BCUT2D eigenvalue weighted by Gasteiger charge is 2.08. The molecule has 112 valence electrons. The molecule has 1 N–H and O–H groups in total. The lowest BCUT2D eigenvalue weighted by molar-refractivity contribution is -0.0498. The van der Waals surface area contributed by atoms with E-state index in [0.717, 1.165) is 11.3 Å². The topological polar surface area (TPSA) is 30.5 Å². The molecule has 0 saturated carbocycles. The van der Waals surface area contributed by atoms with Crippen LogP contribution in [-0.2, 0) is 6.54 Å².